The predicted molar refractivity (Wildman–Crippen MR) is 171 cm³/mol. The molecule has 2 fully saturated rings. The SMILES string of the molecule is CC(C)(c1ccccc1)c1ccc(-n2c3ccc(C4CCCCC4)cc3c3cc(C4CCCCC4)ccc32)cc1. The molecule has 0 bridgehead atoms. The predicted octanol–water partition coefficient (Wildman–Crippen LogP) is 11.2. The molecule has 0 radical (unpaired) electrons. The number of fused-ring (bicyclic) bond motifs is 3. The van der Waals surface area contributed by atoms with Crippen molar-refractivity contribution in [3.63, 3.8) is 0 Å². The monoisotopic (exact) mass is 525 g/mol. The summed E-state index contributed by atoms with van der Waals surface area (Å²) >= 11 is 0. The second kappa shape index (κ2) is 10.6. The van der Waals surface area contributed by atoms with Crippen LogP contribution in [0.1, 0.15) is 112 Å². The standard InChI is InChI=1S/C39H43N/c1-39(2,32-16-10-5-11-17-32)33-20-22-34(23-21-33)40-37-24-18-30(28-12-6-3-7-13-28)26-35(37)36-27-31(19-25-38(36)40)29-14-8-4-9-15-29/h5,10-11,16-29H,3-4,6-9,12-15H2,1-2H3. The fraction of sp³-hybridized carbons (Fsp3) is 0.385. The van der Waals surface area contributed by atoms with Gasteiger partial charge in [-0.2, -0.15) is 0 Å². The van der Waals surface area contributed by atoms with Crippen LogP contribution in [0.3, 0.4) is 0 Å². The first-order valence-corrected chi connectivity index (χ1v) is 15.8. The van der Waals surface area contributed by atoms with E-state index in [-0.39, 0.29) is 5.41 Å². The fourth-order valence-electron chi connectivity index (χ4n) is 7.77. The van der Waals surface area contributed by atoms with Gasteiger partial charge in [0.15, 0.2) is 0 Å². The summed E-state index contributed by atoms with van der Waals surface area (Å²) in [5, 5.41) is 2.87. The van der Waals surface area contributed by atoms with E-state index in [9.17, 15) is 0 Å². The van der Waals surface area contributed by atoms with Crippen LogP contribution in [0, 0.1) is 0 Å². The van der Waals surface area contributed by atoms with Crippen LogP contribution in [-0.2, 0) is 5.41 Å². The zero-order valence-corrected chi connectivity index (χ0v) is 24.3. The highest BCUT2D eigenvalue weighted by Gasteiger charge is 2.24. The fourth-order valence-corrected chi connectivity index (χ4v) is 7.77. The van der Waals surface area contributed by atoms with Crippen molar-refractivity contribution in [3.05, 3.63) is 113 Å². The summed E-state index contributed by atoms with van der Waals surface area (Å²) in [6.07, 6.45) is 13.7. The van der Waals surface area contributed by atoms with E-state index in [4.69, 9.17) is 0 Å². The van der Waals surface area contributed by atoms with Crippen molar-refractivity contribution in [2.45, 2.75) is 95.3 Å². The van der Waals surface area contributed by atoms with Gasteiger partial charge in [0.1, 0.15) is 0 Å². The molecule has 5 aromatic rings. The molecule has 40 heavy (non-hydrogen) atoms. The van der Waals surface area contributed by atoms with Crippen LogP contribution in [0.25, 0.3) is 27.5 Å². The number of hydrogen-bond donors (Lipinski definition) is 0. The van der Waals surface area contributed by atoms with Crippen LogP contribution < -0.4 is 0 Å². The number of hydrogen-bond acceptors (Lipinski definition) is 0. The van der Waals surface area contributed by atoms with E-state index in [2.05, 4.69) is 109 Å². The van der Waals surface area contributed by atoms with E-state index < -0.39 is 0 Å². The Balaban J connectivity index is 1.35. The van der Waals surface area contributed by atoms with Gasteiger partial charge in [0.05, 0.1) is 11.0 Å². The van der Waals surface area contributed by atoms with Gasteiger partial charge in [0, 0.05) is 21.9 Å². The van der Waals surface area contributed by atoms with Gasteiger partial charge in [-0.15, -0.1) is 0 Å². The Morgan fingerprint density at radius 2 is 1.00 bits per heavy atom. The van der Waals surface area contributed by atoms with Gasteiger partial charge in [0.2, 0.25) is 0 Å². The highest BCUT2D eigenvalue weighted by Crippen LogP contribution is 2.41. The van der Waals surface area contributed by atoms with E-state index in [1.54, 1.807) is 11.1 Å². The van der Waals surface area contributed by atoms with Gasteiger partial charge in [-0.3, -0.25) is 0 Å². The molecule has 0 N–H and O–H groups in total. The first-order chi connectivity index (χ1) is 19.6. The molecule has 7 rings (SSSR count). The summed E-state index contributed by atoms with van der Waals surface area (Å²) in [4.78, 5) is 0. The molecule has 0 atom stereocenters. The van der Waals surface area contributed by atoms with E-state index >= 15 is 0 Å². The Kier molecular flexibility index (Phi) is 6.78. The average molecular weight is 526 g/mol. The Bertz CT molecular complexity index is 1530. The largest absolute Gasteiger partial charge is 0.309 e. The van der Waals surface area contributed by atoms with Crippen molar-refractivity contribution >= 4 is 21.8 Å². The second-order valence-electron chi connectivity index (χ2n) is 13.1. The molecule has 1 nitrogen and oxygen atoms in total. The first-order valence-electron chi connectivity index (χ1n) is 15.8. The first kappa shape index (κ1) is 25.6. The molecular weight excluding hydrogens is 482 g/mol. The maximum atomic E-state index is 2.56. The molecule has 1 heteroatoms. The van der Waals surface area contributed by atoms with Gasteiger partial charge in [-0.05, 0) is 96.2 Å². The van der Waals surface area contributed by atoms with Gasteiger partial charge in [-0.25, -0.2) is 0 Å². The van der Waals surface area contributed by atoms with Crippen LogP contribution in [0.4, 0.5) is 0 Å². The van der Waals surface area contributed by atoms with Crippen LogP contribution in [-0.4, -0.2) is 4.57 Å². The third-order valence-corrected chi connectivity index (χ3v) is 10.3. The molecule has 2 aliphatic rings. The lowest BCUT2D eigenvalue weighted by atomic mass is 9.78. The van der Waals surface area contributed by atoms with Crippen LogP contribution >= 0.6 is 0 Å². The van der Waals surface area contributed by atoms with Crippen LogP contribution in [0.2, 0.25) is 0 Å². The van der Waals surface area contributed by atoms with E-state index in [1.807, 2.05) is 0 Å². The molecule has 0 spiro atoms. The number of aromatic nitrogens is 1. The minimum Gasteiger partial charge on any atom is -0.309 e. The summed E-state index contributed by atoms with van der Waals surface area (Å²) in [6, 6.07) is 35.1. The van der Waals surface area contributed by atoms with Crippen molar-refractivity contribution < 1.29 is 0 Å². The zero-order valence-electron chi connectivity index (χ0n) is 24.3. The van der Waals surface area contributed by atoms with Crippen molar-refractivity contribution in [2.75, 3.05) is 0 Å². The van der Waals surface area contributed by atoms with Crippen molar-refractivity contribution in [1.29, 1.82) is 0 Å². The second-order valence-corrected chi connectivity index (χ2v) is 13.1. The Morgan fingerprint density at radius 3 is 1.50 bits per heavy atom. The third-order valence-electron chi connectivity index (χ3n) is 10.3. The van der Waals surface area contributed by atoms with Crippen LogP contribution in [0.5, 0.6) is 0 Å². The summed E-state index contributed by atoms with van der Waals surface area (Å²) in [6.45, 7) is 4.66. The molecule has 2 aliphatic carbocycles. The maximum absolute atomic E-state index is 2.56. The molecule has 0 amide bonds. The van der Waals surface area contributed by atoms with Crippen molar-refractivity contribution in [2.24, 2.45) is 0 Å². The third kappa shape index (κ3) is 4.58. The molecular formula is C39H43N. The number of nitrogens with zero attached hydrogens (tertiary/aromatic N) is 1. The van der Waals surface area contributed by atoms with E-state index in [1.165, 1.54) is 103 Å². The van der Waals surface area contributed by atoms with Crippen molar-refractivity contribution in [1.82, 2.24) is 4.57 Å². The Labute approximate surface area is 240 Å². The van der Waals surface area contributed by atoms with Gasteiger partial charge in [0.25, 0.3) is 0 Å². The average Bonchev–Trinajstić information content (AvgIpc) is 3.35. The minimum atomic E-state index is -0.0373. The summed E-state index contributed by atoms with van der Waals surface area (Å²) in [5.41, 5.74) is 9.69. The van der Waals surface area contributed by atoms with Gasteiger partial charge < -0.3 is 4.57 Å². The summed E-state index contributed by atoms with van der Waals surface area (Å²) in [5.74, 6) is 1.44. The lowest BCUT2D eigenvalue weighted by molar-refractivity contribution is 0.444. The van der Waals surface area contributed by atoms with Crippen LogP contribution in [0.15, 0.2) is 91.0 Å². The number of rotatable bonds is 5. The van der Waals surface area contributed by atoms with Crippen molar-refractivity contribution in [3.8, 4) is 5.69 Å². The highest BCUT2D eigenvalue weighted by molar-refractivity contribution is 6.09. The Hall–Kier alpha value is -3.32. The summed E-state index contributed by atoms with van der Waals surface area (Å²) in [7, 11) is 0. The number of benzene rings is 4. The molecule has 0 unspecified atom stereocenters. The maximum Gasteiger partial charge on any atom is 0.0541 e. The molecule has 0 aliphatic heterocycles. The van der Waals surface area contributed by atoms with E-state index in [0.29, 0.717) is 0 Å². The highest BCUT2D eigenvalue weighted by atomic mass is 15.0. The zero-order chi connectivity index (χ0) is 27.1. The van der Waals surface area contributed by atoms with E-state index in [0.717, 1.165) is 11.8 Å². The quantitative estimate of drug-likeness (QED) is 0.215. The smallest absolute Gasteiger partial charge is 0.0541 e. The van der Waals surface area contributed by atoms with Gasteiger partial charge in [-0.1, -0.05) is 107 Å². The normalized spacial score (nSPS) is 17.6. The molecule has 4 aromatic carbocycles. The van der Waals surface area contributed by atoms with Gasteiger partial charge >= 0.3 is 0 Å². The molecule has 2 saturated carbocycles. The lowest BCUT2D eigenvalue weighted by Crippen LogP contribution is -2.18. The lowest BCUT2D eigenvalue weighted by Gasteiger charge is -2.26. The topological polar surface area (TPSA) is 4.93 Å². The molecule has 1 heterocycles. The molecule has 0 saturated heterocycles. The Morgan fingerprint density at radius 1 is 0.525 bits per heavy atom. The summed E-state index contributed by atoms with van der Waals surface area (Å²) < 4.78 is 2.51. The minimum absolute atomic E-state index is 0.0373. The molecule has 204 valence electrons. The molecule has 1 aromatic heterocycles.